The molecule has 2 aliphatic rings. The highest BCUT2D eigenvalue weighted by molar-refractivity contribution is 6.12. The molecule has 0 aliphatic carbocycles. The quantitative estimate of drug-likeness (QED) is 0.363. The highest BCUT2D eigenvalue weighted by Gasteiger charge is 2.36. The van der Waals surface area contributed by atoms with Crippen molar-refractivity contribution in [1.29, 1.82) is 0 Å². The number of aliphatic imine (C=N–C) groups is 1. The predicted molar refractivity (Wildman–Crippen MR) is 141 cm³/mol. The van der Waals surface area contributed by atoms with Crippen molar-refractivity contribution in [3.8, 4) is 0 Å². The zero-order chi connectivity index (χ0) is 26.0. The number of methoxy groups -OCH3 is 1. The van der Waals surface area contributed by atoms with E-state index in [-0.39, 0.29) is 11.9 Å². The van der Waals surface area contributed by atoms with Gasteiger partial charge in [-0.15, -0.1) is 0 Å². The van der Waals surface area contributed by atoms with Gasteiger partial charge in [-0.2, -0.15) is 10.2 Å². The minimum Gasteiger partial charge on any atom is -0.383 e. The number of anilines is 3. The molecule has 5 rings (SSSR count). The summed E-state index contributed by atoms with van der Waals surface area (Å²) < 4.78 is 27.3. The van der Waals surface area contributed by atoms with E-state index in [0.29, 0.717) is 50.1 Å². The van der Waals surface area contributed by atoms with Crippen molar-refractivity contribution in [2.75, 3.05) is 56.1 Å². The van der Waals surface area contributed by atoms with Crippen LogP contribution in [0.2, 0.25) is 0 Å². The molecule has 1 unspecified atom stereocenters. The SMILES string of the molecule is COCCN(C)c1cc(CC2(N)N=C(Nc3cc(C)[nH]n3)c3cnn(C4CCOCC4)c3N2)ccc1F. The van der Waals surface area contributed by atoms with Crippen molar-refractivity contribution in [1.82, 2.24) is 20.0 Å². The molecule has 2 aromatic heterocycles. The van der Waals surface area contributed by atoms with Crippen LogP contribution in [0.4, 0.5) is 21.7 Å². The number of fused-ring (bicyclic) bond motifs is 1. The van der Waals surface area contributed by atoms with E-state index in [2.05, 4.69) is 20.8 Å². The van der Waals surface area contributed by atoms with Crippen molar-refractivity contribution >= 4 is 23.2 Å². The number of benzene rings is 1. The fourth-order valence-corrected chi connectivity index (χ4v) is 4.76. The summed E-state index contributed by atoms with van der Waals surface area (Å²) >= 11 is 0. The second-order valence-corrected chi connectivity index (χ2v) is 9.64. The maximum atomic E-state index is 14.6. The van der Waals surface area contributed by atoms with Gasteiger partial charge in [0.05, 0.1) is 30.1 Å². The monoisotopic (exact) mass is 511 g/mol. The van der Waals surface area contributed by atoms with E-state index in [1.807, 2.05) is 35.7 Å². The van der Waals surface area contributed by atoms with E-state index >= 15 is 0 Å². The van der Waals surface area contributed by atoms with Gasteiger partial charge in [0.2, 0.25) is 0 Å². The van der Waals surface area contributed by atoms with E-state index in [0.717, 1.165) is 35.5 Å². The Hall–Kier alpha value is -3.48. The number of nitrogens with one attached hydrogen (secondary N) is 3. The van der Waals surface area contributed by atoms with Crippen LogP contribution in [0.1, 0.15) is 35.7 Å². The first-order valence-corrected chi connectivity index (χ1v) is 12.5. The summed E-state index contributed by atoms with van der Waals surface area (Å²) in [5.41, 5.74) is 9.96. The highest BCUT2D eigenvalue weighted by Crippen LogP contribution is 2.33. The van der Waals surface area contributed by atoms with Crippen LogP contribution in [0.25, 0.3) is 0 Å². The molecule has 1 aromatic carbocycles. The zero-order valence-electron chi connectivity index (χ0n) is 21.4. The van der Waals surface area contributed by atoms with E-state index in [1.165, 1.54) is 6.07 Å². The van der Waals surface area contributed by atoms with Gasteiger partial charge in [-0.25, -0.2) is 14.1 Å². The number of ether oxygens (including phenoxy) is 2. The van der Waals surface area contributed by atoms with E-state index in [4.69, 9.17) is 25.3 Å². The molecule has 2 aliphatic heterocycles. The van der Waals surface area contributed by atoms with E-state index < -0.39 is 5.79 Å². The van der Waals surface area contributed by atoms with E-state index in [1.54, 1.807) is 19.4 Å². The Balaban J connectivity index is 1.48. The van der Waals surface area contributed by atoms with Crippen molar-refractivity contribution < 1.29 is 13.9 Å². The molecule has 5 N–H and O–H groups in total. The topological polar surface area (TPSA) is 131 Å². The van der Waals surface area contributed by atoms with Crippen LogP contribution in [0, 0.1) is 12.7 Å². The van der Waals surface area contributed by atoms with Crippen LogP contribution >= 0.6 is 0 Å². The molecule has 1 atom stereocenters. The van der Waals surface area contributed by atoms with Gasteiger partial charge in [-0.05, 0) is 37.5 Å². The van der Waals surface area contributed by atoms with Gasteiger partial charge in [0.1, 0.15) is 17.5 Å². The molecule has 37 heavy (non-hydrogen) atoms. The smallest absolute Gasteiger partial charge is 0.189 e. The number of hydrogen-bond donors (Lipinski definition) is 4. The Morgan fingerprint density at radius 3 is 2.86 bits per heavy atom. The number of hydrogen-bond acceptors (Lipinski definition) is 9. The van der Waals surface area contributed by atoms with Crippen molar-refractivity contribution in [3.05, 3.63) is 53.1 Å². The second-order valence-electron chi connectivity index (χ2n) is 9.64. The zero-order valence-corrected chi connectivity index (χ0v) is 21.4. The number of H-pyrrole nitrogens is 1. The average Bonchev–Trinajstić information content (AvgIpc) is 3.49. The van der Waals surface area contributed by atoms with Gasteiger partial charge in [0.25, 0.3) is 0 Å². The summed E-state index contributed by atoms with van der Waals surface area (Å²) in [5.74, 6) is 0.488. The number of aromatic nitrogens is 4. The van der Waals surface area contributed by atoms with Crippen LogP contribution in [-0.4, -0.2) is 72.1 Å². The lowest BCUT2D eigenvalue weighted by Crippen LogP contribution is -2.52. The Morgan fingerprint density at radius 2 is 2.14 bits per heavy atom. The van der Waals surface area contributed by atoms with Crippen LogP contribution in [0.3, 0.4) is 0 Å². The lowest BCUT2D eigenvalue weighted by molar-refractivity contribution is 0.0667. The summed E-state index contributed by atoms with van der Waals surface area (Å²) in [6.07, 6.45) is 3.84. The summed E-state index contributed by atoms with van der Waals surface area (Å²) in [6, 6.07) is 7.10. The molecule has 0 saturated carbocycles. The van der Waals surface area contributed by atoms with Crippen molar-refractivity contribution in [2.45, 2.75) is 38.0 Å². The van der Waals surface area contributed by atoms with Gasteiger partial charge in [-0.3, -0.25) is 10.8 Å². The Bertz CT molecular complexity index is 1270. The molecule has 0 amide bonds. The Kier molecular flexibility index (Phi) is 7.13. The summed E-state index contributed by atoms with van der Waals surface area (Å²) in [7, 11) is 3.46. The third kappa shape index (κ3) is 5.45. The fraction of sp³-hybridized carbons (Fsp3) is 0.480. The maximum Gasteiger partial charge on any atom is 0.189 e. The number of amidine groups is 1. The molecule has 11 nitrogen and oxygen atoms in total. The molecule has 0 spiro atoms. The van der Waals surface area contributed by atoms with Crippen molar-refractivity contribution in [3.63, 3.8) is 0 Å². The first-order chi connectivity index (χ1) is 17.8. The van der Waals surface area contributed by atoms with Crippen LogP contribution in [-0.2, 0) is 15.9 Å². The number of nitrogens with zero attached hydrogens (tertiary/aromatic N) is 5. The fourth-order valence-electron chi connectivity index (χ4n) is 4.76. The molecule has 0 bridgehead atoms. The standard InChI is InChI=1S/C25H34FN9O2/c1-16-12-22(33-32-16)29-23-19-15-28-35(18-6-9-37-10-7-18)24(19)31-25(27,30-23)14-17-4-5-20(26)21(13-17)34(2)8-11-36-3/h4-5,12-13,15,18,31H,6-11,14,27H2,1-3H3,(H2,29,30,32,33). The van der Waals surface area contributed by atoms with Gasteiger partial charge < -0.3 is 25.0 Å². The average molecular weight is 512 g/mol. The van der Waals surface area contributed by atoms with Crippen LogP contribution in [0.5, 0.6) is 0 Å². The van der Waals surface area contributed by atoms with Crippen LogP contribution < -0.4 is 21.3 Å². The minimum absolute atomic E-state index is 0.188. The summed E-state index contributed by atoms with van der Waals surface area (Å²) in [4.78, 5) is 6.70. The number of nitrogens with two attached hydrogens (primary N) is 1. The third-order valence-corrected chi connectivity index (χ3v) is 6.71. The van der Waals surface area contributed by atoms with Crippen molar-refractivity contribution in [2.24, 2.45) is 10.7 Å². The van der Waals surface area contributed by atoms with Gasteiger partial charge >= 0.3 is 0 Å². The molecular weight excluding hydrogens is 477 g/mol. The molecule has 198 valence electrons. The number of aryl methyl sites for hydroxylation is 1. The molecule has 1 fully saturated rings. The summed E-state index contributed by atoms with van der Waals surface area (Å²) in [6.45, 7) is 4.36. The van der Waals surface area contributed by atoms with Gasteiger partial charge in [-0.1, -0.05) is 6.07 Å². The number of halogens is 1. The minimum atomic E-state index is -1.20. The third-order valence-electron chi connectivity index (χ3n) is 6.71. The number of aromatic amines is 1. The molecule has 1 saturated heterocycles. The van der Waals surface area contributed by atoms with Gasteiger partial charge in [0, 0.05) is 52.1 Å². The predicted octanol–water partition coefficient (Wildman–Crippen LogP) is 2.63. The maximum absolute atomic E-state index is 14.6. The second kappa shape index (κ2) is 10.5. The molecular formula is C25H34FN9O2. The lowest BCUT2D eigenvalue weighted by Gasteiger charge is -2.35. The number of likely N-dealkylation sites (N-methyl/N-ethyl adjacent to an activating group) is 1. The van der Waals surface area contributed by atoms with Gasteiger partial charge in [0.15, 0.2) is 11.6 Å². The van der Waals surface area contributed by atoms with Crippen LogP contribution in [0.15, 0.2) is 35.5 Å². The molecule has 0 radical (unpaired) electrons. The Morgan fingerprint density at radius 1 is 1.32 bits per heavy atom. The highest BCUT2D eigenvalue weighted by atomic mass is 19.1. The molecule has 12 heteroatoms. The lowest BCUT2D eigenvalue weighted by atomic mass is 10.0. The normalized spacial score (nSPS) is 19.8. The number of rotatable bonds is 8. The first kappa shape index (κ1) is 25.2. The first-order valence-electron chi connectivity index (χ1n) is 12.5. The molecule has 3 aromatic rings. The summed E-state index contributed by atoms with van der Waals surface area (Å²) in [5, 5.41) is 18.7. The Labute approximate surface area is 215 Å². The largest absolute Gasteiger partial charge is 0.383 e. The molecule has 4 heterocycles. The van der Waals surface area contributed by atoms with E-state index in [9.17, 15) is 4.39 Å².